The molecule has 0 aliphatic heterocycles. The lowest BCUT2D eigenvalue weighted by atomic mass is 10.3. The smallest absolute Gasteiger partial charge is 0.335 e. The van der Waals surface area contributed by atoms with Crippen LogP contribution in [0.4, 0.5) is 0 Å². The lowest BCUT2D eigenvalue weighted by Crippen LogP contribution is -2.16. The molecule has 0 rings (SSSR count). The van der Waals surface area contributed by atoms with E-state index in [9.17, 15) is 9.59 Å². The number of isocyanates is 1. The van der Waals surface area contributed by atoms with E-state index in [1.54, 1.807) is 0 Å². The summed E-state index contributed by atoms with van der Waals surface area (Å²) in [5.41, 5.74) is 0.294. The van der Waals surface area contributed by atoms with Crippen molar-refractivity contribution in [2.45, 2.75) is 32.9 Å². The quantitative estimate of drug-likeness (QED) is 0.281. The summed E-state index contributed by atoms with van der Waals surface area (Å²) in [7, 11) is 0. The molecule has 0 aromatic heterocycles. The Morgan fingerprint density at radius 1 is 1.69 bits per heavy atom. The topological polar surface area (TPSA) is 55.7 Å². The minimum Gasteiger partial charge on any atom is -0.436 e. The minimum atomic E-state index is -0.716. The first-order valence-corrected chi connectivity index (χ1v) is 4.05. The third-order valence-corrected chi connectivity index (χ3v) is 1.32. The van der Waals surface area contributed by atoms with Crippen LogP contribution in [0, 0.1) is 0 Å². The molecule has 0 aromatic carbocycles. The fourth-order valence-corrected chi connectivity index (χ4v) is 0.680. The second-order valence-corrected chi connectivity index (χ2v) is 2.65. The Hall–Kier alpha value is -1.41. The zero-order valence-electron chi connectivity index (χ0n) is 7.87. The van der Waals surface area contributed by atoms with E-state index in [1.165, 1.54) is 13.0 Å². The normalized spacial score (nSPS) is 11.2. The number of aliphatic imine (C=N–C) groups is 1. The van der Waals surface area contributed by atoms with Gasteiger partial charge in [0.2, 0.25) is 12.3 Å². The Kier molecular flexibility index (Phi) is 5.48. The van der Waals surface area contributed by atoms with Gasteiger partial charge in [0.25, 0.3) is 0 Å². The highest BCUT2D eigenvalue weighted by atomic mass is 16.6. The molecular weight excluding hydrogens is 170 g/mol. The number of hydrogen-bond acceptors (Lipinski definition) is 4. The van der Waals surface area contributed by atoms with E-state index in [4.69, 9.17) is 4.74 Å². The highest BCUT2D eigenvalue weighted by molar-refractivity contribution is 5.87. The van der Waals surface area contributed by atoms with Crippen LogP contribution >= 0.6 is 0 Å². The molecule has 1 atom stereocenters. The molecule has 1 unspecified atom stereocenters. The number of nitrogens with zero attached hydrogens (tertiary/aromatic N) is 1. The van der Waals surface area contributed by atoms with Gasteiger partial charge >= 0.3 is 5.97 Å². The molecule has 4 nitrogen and oxygen atoms in total. The van der Waals surface area contributed by atoms with Gasteiger partial charge in [-0.2, -0.15) is 4.99 Å². The third-order valence-electron chi connectivity index (χ3n) is 1.32. The maximum absolute atomic E-state index is 11.0. The van der Waals surface area contributed by atoms with Crippen molar-refractivity contribution < 1.29 is 14.3 Å². The van der Waals surface area contributed by atoms with Crippen LogP contribution in [0.25, 0.3) is 0 Å². The van der Waals surface area contributed by atoms with Crippen molar-refractivity contribution in [2.24, 2.45) is 4.99 Å². The van der Waals surface area contributed by atoms with Crippen molar-refractivity contribution in [3.05, 3.63) is 12.2 Å². The lowest BCUT2D eigenvalue weighted by molar-refractivity contribution is -0.144. The highest BCUT2D eigenvalue weighted by Gasteiger charge is 2.12. The van der Waals surface area contributed by atoms with Crippen molar-refractivity contribution in [3.8, 4) is 0 Å². The molecule has 13 heavy (non-hydrogen) atoms. The molecular formula is C9H13NO3. The van der Waals surface area contributed by atoms with E-state index < -0.39 is 12.2 Å². The van der Waals surface area contributed by atoms with Gasteiger partial charge in [-0.15, -0.1) is 0 Å². The fraction of sp³-hybridized carbons (Fsp3) is 0.556. The van der Waals surface area contributed by atoms with Gasteiger partial charge in [0.1, 0.15) is 0 Å². The number of hydrogen-bond donors (Lipinski definition) is 0. The number of carbonyl (C=O) groups is 1. The van der Waals surface area contributed by atoms with E-state index in [0.29, 0.717) is 12.0 Å². The standard InChI is InChI=1S/C9H13NO3/c1-4-5-8(10-6-11)13-9(12)7(2)3/h8H,2,4-5H2,1,3H3. The van der Waals surface area contributed by atoms with Gasteiger partial charge in [-0.1, -0.05) is 19.9 Å². The first-order valence-electron chi connectivity index (χ1n) is 4.05. The van der Waals surface area contributed by atoms with Crippen molar-refractivity contribution in [2.75, 3.05) is 0 Å². The van der Waals surface area contributed by atoms with E-state index in [2.05, 4.69) is 11.6 Å². The molecule has 0 saturated carbocycles. The Morgan fingerprint density at radius 3 is 2.69 bits per heavy atom. The van der Waals surface area contributed by atoms with Gasteiger partial charge in [-0.05, 0) is 6.92 Å². The van der Waals surface area contributed by atoms with Crippen LogP contribution in [-0.2, 0) is 14.3 Å². The average Bonchev–Trinajstić information content (AvgIpc) is 2.05. The maximum atomic E-state index is 11.0. The molecule has 0 amide bonds. The van der Waals surface area contributed by atoms with Gasteiger partial charge in [0.15, 0.2) is 0 Å². The largest absolute Gasteiger partial charge is 0.436 e. The third kappa shape index (κ3) is 4.93. The summed E-state index contributed by atoms with van der Waals surface area (Å²) in [5, 5.41) is 0. The van der Waals surface area contributed by atoms with Gasteiger partial charge in [-0.3, -0.25) is 0 Å². The monoisotopic (exact) mass is 183 g/mol. The zero-order chi connectivity index (χ0) is 10.3. The number of ether oxygens (including phenoxy) is 1. The van der Waals surface area contributed by atoms with Crippen LogP contribution < -0.4 is 0 Å². The molecule has 0 aliphatic carbocycles. The molecule has 72 valence electrons. The highest BCUT2D eigenvalue weighted by Crippen LogP contribution is 2.05. The van der Waals surface area contributed by atoms with Crippen LogP contribution in [0.15, 0.2) is 17.1 Å². The van der Waals surface area contributed by atoms with Crippen LogP contribution in [0.5, 0.6) is 0 Å². The SMILES string of the molecule is C=C(C)C(=O)OC(CCC)N=C=O. The van der Waals surface area contributed by atoms with Crippen molar-refractivity contribution in [1.82, 2.24) is 0 Å². The number of carbonyl (C=O) groups excluding carboxylic acids is 2. The summed E-state index contributed by atoms with van der Waals surface area (Å²) in [4.78, 5) is 24.3. The van der Waals surface area contributed by atoms with Gasteiger partial charge < -0.3 is 4.74 Å². The molecule has 0 aromatic rings. The molecule has 0 saturated heterocycles. The Bertz CT molecular complexity index is 241. The van der Waals surface area contributed by atoms with Crippen LogP contribution in [0.1, 0.15) is 26.7 Å². The summed E-state index contributed by atoms with van der Waals surface area (Å²) in [6.07, 6.45) is 1.95. The Morgan fingerprint density at radius 2 is 2.31 bits per heavy atom. The molecule has 0 N–H and O–H groups in total. The molecule has 0 heterocycles. The van der Waals surface area contributed by atoms with E-state index in [0.717, 1.165) is 6.42 Å². The summed E-state index contributed by atoms with van der Waals surface area (Å²) in [5.74, 6) is -0.530. The molecule has 0 fully saturated rings. The first kappa shape index (κ1) is 11.6. The molecule has 0 radical (unpaired) electrons. The van der Waals surface area contributed by atoms with Crippen molar-refractivity contribution >= 4 is 12.0 Å². The predicted octanol–water partition coefficient (Wildman–Crippen LogP) is 1.57. The van der Waals surface area contributed by atoms with Gasteiger partial charge in [0, 0.05) is 12.0 Å². The number of esters is 1. The fourth-order valence-electron chi connectivity index (χ4n) is 0.680. The van der Waals surface area contributed by atoms with Crippen LogP contribution in [-0.4, -0.2) is 18.3 Å². The molecule has 0 bridgehead atoms. The minimum absolute atomic E-state index is 0.294. The van der Waals surface area contributed by atoms with Gasteiger partial charge in [-0.25, -0.2) is 9.59 Å². The summed E-state index contributed by atoms with van der Waals surface area (Å²) in [6, 6.07) is 0. The predicted molar refractivity (Wildman–Crippen MR) is 47.7 cm³/mol. The lowest BCUT2D eigenvalue weighted by Gasteiger charge is -2.10. The van der Waals surface area contributed by atoms with Crippen molar-refractivity contribution in [1.29, 1.82) is 0 Å². The first-order chi connectivity index (χ1) is 6.11. The second kappa shape index (κ2) is 6.14. The zero-order valence-corrected chi connectivity index (χ0v) is 7.87. The number of rotatable bonds is 5. The molecule has 4 heteroatoms. The summed E-state index contributed by atoms with van der Waals surface area (Å²) in [6.45, 7) is 6.86. The van der Waals surface area contributed by atoms with Crippen LogP contribution in [0.2, 0.25) is 0 Å². The molecule has 0 spiro atoms. The van der Waals surface area contributed by atoms with E-state index in [1.807, 2.05) is 6.92 Å². The Balaban J connectivity index is 4.16. The van der Waals surface area contributed by atoms with Gasteiger partial charge in [0.05, 0.1) is 0 Å². The Labute approximate surface area is 77.3 Å². The van der Waals surface area contributed by atoms with Crippen LogP contribution in [0.3, 0.4) is 0 Å². The van der Waals surface area contributed by atoms with E-state index in [-0.39, 0.29) is 0 Å². The maximum Gasteiger partial charge on any atom is 0.335 e. The summed E-state index contributed by atoms with van der Waals surface area (Å²) >= 11 is 0. The average molecular weight is 183 g/mol. The summed E-state index contributed by atoms with van der Waals surface area (Å²) < 4.78 is 4.83. The second-order valence-electron chi connectivity index (χ2n) is 2.65. The molecule has 0 aliphatic rings. The van der Waals surface area contributed by atoms with Crippen molar-refractivity contribution in [3.63, 3.8) is 0 Å². The van der Waals surface area contributed by atoms with E-state index >= 15 is 0 Å².